The van der Waals surface area contributed by atoms with Crippen molar-refractivity contribution in [1.29, 1.82) is 0 Å². The van der Waals surface area contributed by atoms with E-state index in [1.165, 1.54) is 0 Å². The Morgan fingerprint density at radius 1 is 1.50 bits per heavy atom. The molecule has 0 heterocycles. The highest BCUT2D eigenvalue weighted by Crippen LogP contribution is 2.33. The number of hydrogen-bond donors (Lipinski definition) is 2. The van der Waals surface area contributed by atoms with Gasteiger partial charge in [-0.25, -0.2) is 0 Å². The van der Waals surface area contributed by atoms with Crippen LogP contribution in [-0.4, -0.2) is 29.9 Å². The number of aldehydes is 1. The topological polar surface area (TPSA) is 66.4 Å². The maximum Gasteiger partial charge on any atom is 0.207 e. The van der Waals surface area contributed by atoms with Gasteiger partial charge in [0, 0.05) is 0 Å². The van der Waals surface area contributed by atoms with Gasteiger partial charge in [-0.1, -0.05) is 12.8 Å². The molecular formula is C8H13NO3. The van der Waals surface area contributed by atoms with Crippen molar-refractivity contribution in [2.45, 2.75) is 31.4 Å². The Labute approximate surface area is 71.0 Å². The lowest BCUT2D eigenvalue weighted by atomic mass is 10.1. The van der Waals surface area contributed by atoms with Crippen LogP contribution in [0.1, 0.15) is 19.3 Å². The van der Waals surface area contributed by atoms with Crippen LogP contribution < -0.4 is 5.32 Å². The van der Waals surface area contributed by atoms with Crippen molar-refractivity contribution in [3.8, 4) is 0 Å². The molecule has 0 aromatic rings. The summed E-state index contributed by atoms with van der Waals surface area (Å²) in [6, 6.07) is -0.396. The van der Waals surface area contributed by atoms with E-state index in [9.17, 15) is 9.59 Å². The zero-order valence-corrected chi connectivity index (χ0v) is 6.77. The van der Waals surface area contributed by atoms with Crippen LogP contribution in [0.15, 0.2) is 0 Å². The molecule has 0 spiro atoms. The van der Waals surface area contributed by atoms with Crippen LogP contribution in [0.3, 0.4) is 0 Å². The van der Waals surface area contributed by atoms with Crippen molar-refractivity contribution in [2.24, 2.45) is 5.92 Å². The van der Waals surface area contributed by atoms with E-state index in [4.69, 9.17) is 5.11 Å². The quantitative estimate of drug-likeness (QED) is 0.527. The van der Waals surface area contributed by atoms with Crippen molar-refractivity contribution in [3.63, 3.8) is 0 Å². The lowest BCUT2D eigenvalue weighted by Gasteiger charge is -2.17. The largest absolute Gasteiger partial charge is 0.383 e. The Bertz CT molecular complexity index is 168. The van der Waals surface area contributed by atoms with Gasteiger partial charge in [-0.2, -0.15) is 0 Å². The van der Waals surface area contributed by atoms with Gasteiger partial charge < -0.3 is 15.2 Å². The Kier molecular flexibility index (Phi) is 3.22. The maximum absolute atomic E-state index is 10.2. The average Bonchev–Trinajstić information content (AvgIpc) is 2.86. The Hall–Kier alpha value is -0.900. The van der Waals surface area contributed by atoms with Crippen LogP contribution in [0.25, 0.3) is 0 Å². The summed E-state index contributed by atoms with van der Waals surface area (Å²) in [7, 11) is 0. The van der Waals surface area contributed by atoms with Gasteiger partial charge in [0.15, 0.2) is 6.29 Å². The highest BCUT2D eigenvalue weighted by Gasteiger charge is 2.28. The van der Waals surface area contributed by atoms with Gasteiger partial charge in [-0.3, -0.25) is 4.79 Å². The number of hydrogen-bond acceptors (Lipinski definition) is 3. The number of amides is 1. The van der Waals surface area contributed by atoms with E-state index in [-0.39, 0.29) is 0 Å². The van der Waals surface area contributed by atoms with Crippen LogP contribution in [0.5, 0.6) is 0 Å². The first kappa shape index (κ1) is 9.19. The molecule has 1 saturated carbocycles. The molecule has 1 fully saturated rings. The molecule has 1 amide bonds. The predicted molar refractivity (Wildman–Crippen MR) is 42.4 cm³/mol. The van der Waals surface area contributed by atoms with E-state index in [1.54, 1.807) is 0 Å². The smallest absolute Gasteiger partial charge is 0.207 e. The van der Waals surface area contributed by atoms with Gasteiger partial charge in [0.2, 0.25) is 6.41 Å². The molecule has 1 aliphatic rings. The molecule has 0 aromatic carbocycles. The van der Waals surface area contributed by atoms with E-state index >= 15 is 0 Å². The number of carbonyl (C=O) groups excluding carboxylic acids is 2. The standard InChI is InChI=1S/C8H13NO3/c10-4-8(12)7(9-5-11)3-6-1-2-6/h4-8,12H,1-3H2,(H,9,11). The molecule has 0 saturated heterocycles. The molecule has 1 rings (SSSR count). The summed E-state index contributed by atoms with van der Waals surface area (Å²) in [5.74, 6) is 0.581. The van der Waals surface area contributed by atoms with Crippen molar-refractivity contribution < 1.29 is 14.7 Å². The van der Waals surface area contributed by atoms with Crippen molar-refractivity contribution in [2.75, 3.05) is 0 Å². The van der Waals surface area contributed by atoms with Gasteiger partial charge in [-0.05, 0) is 12.3 Å². The second-order valence-corrected chi connectivity index (χ2v) is 3.20. The van der Waals surface area contributed by atoms with E-state index in [1.807, 2.05) is 0 Å². The summed E-state index contributed by atoms with van der Waals surface area (Å²) in [5.41, 5.74) is 0. The SMILES string of the molecule is O=CNC(CC1CC1)C(O)C=O. The first-order valence-electron chi connectivity index (χ1n) is 4.11. The molecule has 2 N–H and O–H groups in total. The number of aliphatic hydroxyl groups is 1. The van der Waals surface area contributed by atoms with E-state index in [0.29, 0.717) is 25.0 Å². The predicted octanol–water partition coefficient (Wildman–Crippen LogP) is -0.539. The average molecular weight is 171 g/mol. The molecule has 2 atom stereocenters. The summed E-state index contributed by atoms with van der Waals surface area (Å²) < 4.78 is 0. The minimum absolute atomic E-state index is 0.396. The summed E-state index contributed by atoms with van der Waals surface area (Å²) in [5, 5.41) is 11.6. The molecule has 0 aromatic heterocycles. The molecule has 12 heavy (non-hydrogen) atoms. The zero-order chi connectivity index (χ0) is 8.97. The molecule has 1 aliphatic carbocycles. The van der Waals surface area contributed by atoms with Gasteiger partial charge in [0.05, 0.1) is 6.04 Å². The monoisotopic (exact) mass is 171 g/mol. The molecule has 68 valence electrons. The second kappa shape index (κ2) is 4.21. The van der Waals surface area contributed by atoms with E-state index < -0.39 is 12.1 Å². The van der Waals surface area contributed by atoms with Gasteiger partial charge >= 0.3 is 0 Å². The third kappa shape index (κ3) is 2.62. The second-order valence-electron chi connectivity index (χ2n) is 3.20. The minimum atomic E-state index is -1.06. The lowest BCUT2D eigenvalue weighted by molar-refractivity contribution is -0.117. The van der Waals surface area contributed by atoms with Crippen LogP contribution in [0.2, 0.25) is 0 Å². The zero-order valence-electron chi connectivity index (χ0n) is 6.77. The van der Waals surface area contributed by atoms with Crippen LogP contribution in [-0.2, 0) is 9.59 Å². The molecule has 0 bridgehead atoms. The van der Waals surface area contributed by atoms with Crippen LogP contribution >= 0.6 is 0 Å². The minimum Gasteiger partial charge on any atom is -0.383 e. The van der Waals surface area contributed by atoms with E-state index in [2.05, 4.69) is 5.32 Å². The Morgan fingerprint density at radius 3 is 2.58 bits per heavy atom. The fourth-order valence-corrected chi connectivity index (χ4v) is 1.20. The Balaban J connectivity index is 2.34. The fraction of sp³-hybridized carbons (Fsp3) is 0.750. The van der Waals surface area contributed by atoms with Crippen molar-refractivity contribution in [3.05, 3.63) is 0 Å². The lowest BCUT2D eigenvalue weighted by Crippen LogP contribution is -2.40. The third-order valence-electron chi connectivity index (χ3n) is 2.12. The number of carbonyl (C=O) groups is 2. The van der Waals surface area contributed by atoms with Crippen molar-refractivity contribution in [1.82, 2.24) is 5.32 Å². The first-order valence-corrected chi connectivity index (χ1v) is 4.11. The van der Waals surface area contributed by atoms with Crippen LogP contribution in [0, 0.1) is 5.92 Å². The highest BCUT2D eigenvalue weighted by atomic mass is 16.3. The van der Waals surface area contributed by atoms with Gasteiger partial charge in [0.25, 0.3) is 0 Å². The maximum atomic E-state index is 10.2. The molecular weight excluding hydrogens is 158 g/mol. The highest BCUT2D eigenvalue weighted by molar-refractivity contribution is 5.58. The van der Waals surface area contributed by atoms with E-state index in [0.717, 1.165) is 12.8 Å². The fourth-order valence-electron chi connectivity index (χ4n) is 1.20. The first-order chi connectivity index (χ1) is 5.77. The molecule has 0 radical (unpaired) electrons. The Morgan fingerprint density at radius 2 is 2.17 bits per heavy atom. The number of aliphatic hydroxyl groups excluding tert-OH is 1. The number of rotatable bonds is 6. The molecule has 0 aliphatic heterocycles. The summed E-state index contributed by atoms with van der Waals surface area (Å²) in [4.78, 5) is 20.3. The summed E-state index contributed by atoms with van der Waals surface area (Å²) >= 11 is 0. The third-order valence-corrected chi connectivity index (χ3v) is 2.12. The molecule has 4 nitrogen and oxygen atoms in total. The number of nitrogens with one attached hydrogen (secondary N) is 1. The summed E-state index contributed by atoms with van der Waals surface area (Å²) in [6.45, 7) is 0. The summed E-state index contributed by atoms with van der Waals surface area (Å²) in [6.07, 6.45) is 2.92. The normalized spacial score (nSPS) is 21.1. The van der Waals surface area contributed by atoms with Crippen LogP contribution in [0.4, 0.5) is 0 Å². The van der Waals surface area contributed by atoms with Crippen molar-refractivity contribution >= 4 is 12.7 Å². The van der Waals surface area contributed by atoms with Gasteiger partial charge in [0.1, 0.15) is 6.10 Å². The molecule has 4 heteroatoms. The molecule has 2 unspecified atom stereocenters. The van der Waals surface area contributed by atoms with Gasteiger partial charge in [-0.15, -0.1) is 0 Å².